The van der Waals surface area contributed by atoms with E-state index in [4.69, 9.17) is 5.73 Å². The van der Waals surface area contributed by atoms with Gasteiger partial charge in [0.1, 0.15) is 12.0 Å². The Morgan fingerprint density at radius 2 is 2.23 bits per heavy atom. The van der Waals surface area contributed by atoms with E-state index in [1.54, 1.807) is 6.92 Å². The van der Waals surface area contributed by atoms with Gasteiger partial charge in [-0.15, -0.1) is 17.0 Å². The minimum Gasteiger partial charge on any atom is -0.383 e. The van der Waals surface area contributed by atoms with Gasteiger partial charge in [-0.05, 0) is 22.9 Å². The normalized spacial score (nSPS) is 9.08. The van der Waals surface area contributed by atoms with E-state index in [-0.39, 0.29) is 28.5 Å². The van der Waals surface area contributed by atoms with E-state index in [0.29, 0.717) is 10.0 Å². The van der Waals surface area contributed by atoms with Gasteiger partial charge >= 0.3 is 0 Å². The molecule has 0 saturated heterocycles. The van der Waals surface area contributed by atoms with E-state index in [2.05, 4.69) is 20.9 Å². The van der Waals surface area contributed by atoms with Gasteiger partial charge in [-0.3, -0.25) is 10.1 Å². The molecule has 0 aromatic carbocycles. The van der Waals surface area contributed by atoms with Crippen LogP contribution in [0.25, 0.3) is 0 Å². The number of nitrogens with two attached hydrogens (primary N) is 1. The molecule has 1 rings (SSSR count). The molecule has 0 fully saturated rings. The summed E-state index contributed by atoms with van der Waals surface area (Å²) in [6, 6.07) is 0. The lowest BCUT2D eigenvalue weighted by Crippen LogP contribution is -1.98. The van der Waals surface area contributed by atoms with E-state index in [9.17, 15) is 10.1 Å². The van der Waals surface area contributed by atoms with Crippen LogP contribution in [0.1, 0.15) is 5.56 Å². The van der Waals surface area contributed by atoms with Gasteiger partial charge in [-0.1, -0.05) is 0 Å². The molecule has 0 aliphatic heterocycles. The summed E-state index contributed by atoms with van der Waals surface area (Å²) in [5.41, 5.74) is 5.87. The summed E-state index contributed by atoms with van der Waals surface area (Å²) in [5.74, 6) is 0.262. The zero-order chi connectivity index (χ0) is 9.30. The number of hydrogen-bond donors (Lipinski definition) is 1. The number of nitrogens with zero attached hydrogens (tertiary/aromatic N) is 2. The number of rotatable bonds is 1. The largest absolute Gasteiger partial charge is 0.383 e. The molecule has 0 saturated carbocycles. The summed E-state index contributed by atoms with van der Waals surface area (Å²) >= 11 is 3.11. The topological polar surface area (TPSA) is 82.0 Å². The number of nitrogen functional groups attached to an aromatic ring is 1. The number of aromatic nitrogens is 1. The smallest absolute Gasteiger partial charge is 0.291 e. The van der Waals surface area contributed by atoms with E-state index in [1.165, 1.54) is 0 Å². The van der Waals surface area contributed by atoms with Crippen LogP contribution in [0.5, 0.6) is 0 Å². The summed E-state index contributed by atoms with van der Waals surface area (Å²) in [5, 5.41) is 10.4. The molecular weight excluding hydrogens is 306 g/mol. The molecule has 72 valence electrons. The fraction of sp³-hybridized carbons (Fsp3) is 0.167. The SMILES string of the molecule is Br.Cc1c([N+](=O)[O-])cnc(N)c1Br. The van der Waals surface area contributed by atoms with Gasteiger partial charge in [-0.25, -0.2) is 4.98 Å². The number of halogens is 2. The lowest BCUT2D eigenvalue weighted by molar-refractivity contribution is -0.385. The van der Waals surface area contributed by atoms with Crippen LogP contribution in [0, 0.1) is 17.0 Å². The van der Waals surface area contributed by atoms with Crippen molar-refractivity contribution in [3.8, 4) is 0 Å². The Hall–Kier alpha value is -0.690. The van der Waals surface area contributed by atoms with Crippen LogP contribution < -0.4 is 5.73 Å². The molecule has 0 spiro atoms. The van der Waals surface area contributed by atoms with Crippen LogP contribution in [-0.4, -0.2) is 9.91 Å². The number of anilines is 1. The first-order valence-corrected chi connectivity index (χ1v) is 3.88. The number of pyridine rings is 1. The van der Waals surface area contributed by atoms with Gasteiger partial charge in [0.2, 0.25) is 0 Å². The maximum Gasteiger partial charge on any atom is 0.291 e. The molecular formula is C6H7Br2N3O2. The highest BCUT2D eigenvalue weighted by Gasteiger charge is 2.15. The van der Waals surface area contributed by atoms with Gasteiger partial charge in [0.25, 0.3) is 5.69 Å². The molecule has 7 heteroatoms. The Morgan fingerprint density at radius 3 is 2.69 bits per heavy atom. The van der Waals surface area contributed by atoms with Crippen molar-refractivity contribution < 1.29 is 4.92 Å². The second-order valence-electron chi connectivity index (χ2n) is 2.22. The van der Waals surface area contributed by atoms with E-state index in [0.717, 1.165) is 6.20 Å². The van der Waals surface area contributed by atoms with Gasteiger partial charge < -0.3 is 5.73 Å². The van der Waals surface area contributed by atoms with Crippen LogP contribution in [0.4, 0.5) is 11.5 Å². The summed E-state index contributed by atoms with van der Waals surface area (Å²) in [6.07, 6.45) is 1.15. The molecule has 2 N–H and O–H groups in total. The lowest BCUT2D eigenvalue weighted by atomic mass is 10.2. The van der Waals surface area contributed by atoms with Crippen LogP contribution in [0.2, 0.25) is 0 Å². The van der Waals surface area contributed by atoms with Crippen LogP contribution >= 0.6 is 32.9 Å². The molecule has 0 radical (unpaired) electrons. The Bertz CT molecular complexity index is 343. The summed E-state index contributed by atoms with van der Waals surface area (Å²) in [6.45, 7) is 1.61. The predicted molar refractivity (Wildman–Crippen MR) is 58.1 cm³/mol. The monoisotopic (exact) mass is 311 g/mol. The molecule has 1 aromatic heterocycles. The van der Waals surface area contributed by atoms with Gasteiger partial charge in [0.15, 0.2) is 0 Å². The molecule has 1 heterocycles. The first kappa shape index (κ1) is 12.3. The van der Waals surface area contributed by atoms with Crippen molar-refractivity contribution in [2.45, 2.75) is 6.92 Å². The first-order valence-electron chi connectivity index (χ1n) is 3.09. The minimum atomic E-state index is -0.494. The fourth-order valence-electron chi connectivity index (χ4n) is 0.773. The third-order valence-corrected chi connectivity index (χ3v) is 2.46. The molecule has 5 nitrogen and oxygen atoms in total. The molecule has 0 bridgehead atoms. The van der Waals surface area contributed by atoms with Crippen LogP contribution in [0.3, 0.4) is 0 Å². The zero-order valence-electron chi connectivity index (χ0n) is 6.65. The molecule has 0 aliphatic carbocycles. The van der Waals surface area contributed by atoms with Crippen molar-refractivity contribution in [2.24, 2.45) is 0 Å². The average molecular weight is 313 g/mol. The second-order valence-corrected chi connectivity index (χ2v) is 3.02. The second kappa shape index (κ2) is 4.52. The average Bonchev–Trinajstić information content (AvgIpc) is 2.00. The van der Waals surface area contributed by atoms with Crippen molar-refractivity contribution in [3.63, 3.8) is 0 Å². The van der Waals surface area contributed by atoms with Gasteiger partial charge in [-0.2, -0.15) is 0 Å². The van der Waals surface area contributed by atoms with Crippen molar-refractivity contribution in [1.82, 2.24) is 4.98 Å². The van der Waals surface area contributed by atoms with Crippen molar-refractivity contribution >= 4 is 44.4 Å². The Balaban J connectivity index is 0.00000144. The molecule has 0 aliphatic rings. The number of hydrogen-bond acceptors (Lipinski definition) is 4. The van der Waals surface area contributed by atoms with E-state index < -0.39 is 4.92 Å². The first-order chi connectivity index (χ1) is 5.54. The quantitative estimate of drug-likeness (QED) is 0.636. The Morgan fingerprint density at radius 1 is 1.69 bits per heavy atom. The highest BCUT2D eigenvalue weighted by Crippen LogP contribution is 2.28. The molecule has 0 amide bonds. The minimum absolute atomic E-state index is 0. The molecule has 13 heavy (non-hydrogen) atoms. The van der Waals surface area contributed by atoms with Gasteiger partial charge in [0, 0.05) is 5.56 Å². The van der Waals surface area contributed by atoms with Crippen LogP contribution in [-0.2, 0) is 0 Å². The molecule has 0 unspecified atom stereocenters. The standard InChI is InChI=1S/C6H6BrN3O2.BrH/c1-3-4(10(11)12)2-9-6(8)5(3)7;/h2H,1H3,(H2,8,9);1H. The number of nitro groups is 1. The summed E-state index contributed by atoms with van der Waals surface area (Å²) < 4.78 is 0.483. The maximum atomic E-state index is 10.4. The van der Waals surface area contributed by atoms with E-state index >= 15 is 0 Å². The van der Waals surface area contributed by atoms with Crippen molar-refractivity contribution in [1.29, 1.82) is 0 Å². The van der Waals surface area contributed by atoms with E-state index in [1.807, 2.05) is 0 Å². The third kappa shape index (κ3) is 2.38. The fourth-order valence-corrected chi connectivity index (χ4v) is 1.08. The zero-order valence-corrected chi connectivity index (χ0v) is 9.95. The van der Waals surface area contributed by atoms with Crippen molar-refractivity contribution in [3.05, 3.63) is 26.3 Å². The molecule has 1 aromatic rings. The summed E-state index contributed by atoms with van der Waals surface area (Å²) in [4.78, 5) is 13.5. The highest BCUT2D eigenvalue weighted by atomic mass is 79.9. The van der Waals surface area contributed by atoms with Gasteiger partial charge in [0.05, 0.1) is 9.40 Å². The third-order valence-electron chi connectivity index (χ3n) is 1.46. The van der Waals surface area contributed by atoms with Crippen LogP contribution in [0.15, 0.2) is 10.7 Å². The lowest BCUT2D eigenvalue weighted by Gasteiger charge is -2.00. The molecule has 0 atom stereocenters. The summed E-state index contributed by atoms with van der Waals surface area (Å²) in [7, 11) is 0. The maximum absolute atomic E-state index is 10.4. The Kier molecular flexibility index (Phi) is 4.28. The Labute approximate surface area is 93.4 Å². The highest BCUT2D eigenvalue weighted by molar-refractivity contribution is 9.10. The van der Waals surface area contributed by atoms with Crippen molar-refractivity contribution in [2.75, 3.05) is 5.73 Å². The predicted octanol–water partition coefficient (Wildman–Crippen LogP) is 2.22.